The summed E-state index contributed by atoms with van der Waals surface area (Å²) in [5, 5.41) is 2.91. The van der Waals surface area contributed by atoms with Crippen molar-refractivity contribution in [1.82, 2.24) is 9.88 Å². The zero-order valence-electron chi connectivity index (χ0n) is 14.5. The molecule has 0 unspecified atom stereocenters. The Labute approximate surface area is 143 Å². The molecular formula is C19H24N4O. The molecular weight excluding hydrogens is 300 g/mol. The van der Waals surface area contributed by atoms with Gasteiger partial charge in [-0.1, -0.05) is 6.07 Å². The highest BCUT2D eigenvalue weighted by Gasteiger charge is 2.15. The van der Waals surface area contributed by atoms with Crippen LogP contribution in [0.3, 0.4) is 0 Å². The van der Waals surface area contributed by atoms with Gasteiger partial charge in [-0.25, -0.2) is 4.98 Å². The summed E-state index contributed by atoms with van der Waals surface area (Å²) in [6.45, 7) is 8.12. The van der Waals surface area contributed by atoms with Crippen molar-refractivity contribution in [3.63, 3.8) is 0 Å². The van der Waals surface area contributed by atoms with Gasteiger partial charge in [0, 0.05) is 31.7 Å². The molecule has 0 saturated carbocycles. The highest BCUT2D eigenvalue weighted by Crippen LogP contribution is 2.17. The average molecular weight is 324 g/mol. The molecule has 1 fully saturated rings. The van der Waals surface area contributed by atoms with Crippen molar-refractivity contribution in [2.24, 2.45) is 0 Å². The fourth-order valence-electron chi connectivity index (χ4n) is 2.77. The SMILES string of the molecule is Cc1ccc(C(=O)Nc2ccc(N3CCN(C)CC3)nc2)cc1C. The van der Waals surface area contributed by atoms with Crippen molar-refractivity contribution in [3.05, 3.63) is 53.2 Å². The third-order valence-corrected chi connectivity index (χ3v) is 4.60. The van der Waals surface area contributed by atoms with Gasteiger partial charge in [0.25, 0.3) is 5.91 Å². The van der Waals surface area contributed by atoms with Crippen LogP contribution in [0.5, 0.6) is 0 Å². The van der Waals surface area contributed by atoms with E-state index in [0.717, 1.165) is 43.2 Å². The highest BCUT2D eigenvalue weighted by atomic mass is 16.1. The summed E-state index contributed by atoms with van der Waals surface area (Å²) in [6, 6.07) is 9.63. The van der Waals surface area contributed by atoms with Gasteiger partial charge in [-0.05, 0) is 56.3 Å². The molecule has 1 saturated heterocycles. The van der Waals surface area contributed by atoms with Crippen molar-refractivity contribution >= 4 is 17.4 Å². The second kappa shape index (κ2) is 7.01. The molecule has 1 aliphatic heterocycles. The molecule has 1 amide bonds. The number of rotatable bonds is 3. The number of nitrogens with zero attached hydrogens (tertiary/aromatic N) is 3. The molecule has 5 heteroatoms. The van der Waals surface area contributed by atoms with Crippen molar-refractivity contribution in [3.8, 4) is 0 Å². The third kappa shape index (κ3) is 3.74. The fourth-order valence-corrected chi connectivity index (χ4v) is 2.77. The van der Waals surface area contributed by atoms with E-state index >= 15 is 0 Å². The summed E-state index contributed by atoms with van der Waals surface area (Å²) < 4.78 is 0. The molecule has 24 heavy (non-hydrogen) atoms. The molecule has 2 aromatic rings. The van der Waals surface area contributed by atoms with Crippen molar-refractivity contribution < 1.29 is 4.79 Å². The van der Waals surface area contributed by atoms with Gasteiger partial charge in [-0.15, -0.1) is 0 Å². The lowest BCUT2D eigenvalue weighted by Crippen LogP contribution is -2.44. The number of aryl methyl sites for hydroxylation is 2. The maximum atomic E-state index is 12.3. The maximum absolute atomic E-state index is 12.3. The zero-order valence-corrected chi connectivity index (χ0v) is 14.5. The van der Waals surface area contributed by atoms with Crippen LogP contribution in [-0.4, -0.2) is 49.0 Å². The Hall–Kier alpha value is -2.40. The Kier molecular flexibility index (Phi) is 4.81. The molecule has 1 aromatic carbocycles. The smallest absolute Gasteiger partial charge is 0.255 e. The van der Waals surface area contributed by atoms with Crippen molar-refractivity contribution in [2.45, 2.75) is 13.8 Å². The first-order chi connectivity index (χ1) is 11.5. The molecule has 0 radical (unpaired) electrons. The largest absolute Gasteiger partial charge is 0.354 e. The number of aromatic nitrogens is 1. The van der Waals surface area contributed by atoms with Crippen LogP contribution in [0.4, 0.5) is 11.5 Å². The average Bonchev–Trinajstić information content (AvgIpc) is 2.59. The van der Waals surface area contributed by atoms with Crippen LogP contribution in [0.2, 0.25) is 0 Å². The number of amides is 1. The minimum Gasteiger partial charge on any atom is -0.354 e. The van der Waals surface area contributed by atoms with E-state index in [1.807, 2.05) is 44.2 Å². The number of hydrogen-bond donors (Lipinski definition) is 1. The monoisotopic (exact) mass is 324 g/mol. The minimum atomic E-state index is -0.104. The van der Waals surface area contributed by atoms with Crippen LogP contribution < -0.4 is 10.2 Å². The van der Waals surface area contributed by atoms with Gasteiger partial charge in [0.15, 0.2) is 0 Å². The second-order valence-corrected chi connectivity index (χ2v) is 6.45. The number of hydrogen-bond acceptors (Lipinski definition) is 4. The molecule has 3 rings (SSSR count). The summed E-state index contributed by atoms with van der Waals surface area (Å²) in [7, 11) is 2.14. The van der Waals surface area contributed by atoms with Crippen molar-refractivity contribution in [1.29, 1.82) is 0 Å². The van der Waals surface area contributed by atoms with E-state index in [1.165, 1.54) is 5.56 Å². The number of likely N-dealkylation sites (N-methyl/N-ethyl adjacent to an activating group) is 1. The second-order valence-electron chi connectivity index (χ2n) is 6.45. The quantitative estimate of drug-likeness (QED) is 0.943. The minimum absolute atomic E-state index is 0.104. The van der Waals surface area contributed by atoms with E-state index in [-0.39, 0.29) is 5.91 Å². The maximum Gasteiger partial charge on any atom is 0.255 e. The molecule has 1 N–H and O–H groups in total. The lowest BCUT2D eigenvalue weighted by atomic mass is 10.1. The molecule has 1 aromatic heterocycles. The predicted octanol–water partition coefficient (Wildman–Crippen LogP) is 2.70. The first kappa shape index (κ1) is 16.5. The number of anilines is 2. The molecule has 0 aliphatic carbocycles. The van der Waals surface area contributed by atoms with Gasteiger partial charge in [-0.3, -0.25) is 4.79 Å². The van der Waals surface area contributed by atoms with Crippen LogP contribution in [0.15, 0.2) is 36.5 Å². The molecule has 0 atom stereocenters. The molecule has 1 aliphatic rings. The Morgan fingerprint density at radius 2 is 1.79 bits per heavy atom. The number of carbonyl (C=O) groups excluding carboxylic acids is 1. The molecule has 2 heterocycles. The summed E-state index contributed by atoms with van der Waals surface area (Å²) in [6.07, 6.45) is 1.73. The van der Waals surface area contributed by atoms with Gasteiger partial charge in [0.1, 0.15) is 5.82 Å². The summed E-state index contributed by atoms with van der Waals surface area (Å²) in [5.41, 5.74) is 3.69. The number of pyridine rings is 1. The Balaban J connectivity index is 1.65. The number of benzene rings is 1. The van der Waals surface area contributed by atoms with Crippen LogP contribution in [-0.2, 0) is 0 Å². The Morgan fingerprint density at radius 3 is 2.42 bits per heavy atom. The number of nitrogens with one attached hydrogen (secondary N) is 1. The first-order valence-corrected chi connectivity index (χ1v) is 8.31. The van der Waals surface area contributed by atoms with E-state index in [1.54, 1.807) is 6.20 Å². The van der Waals surface area contributed by atoms with Gasteiger partial charge >= 0.3 is 0 Å². The molecule has 126 valence electrons. The zero-order chi connectivity index (χ0) is 17.1. The van der Waals surface area contributed by atoms with Gasteiger partial charge < -0.3 is 15.1 Å². The van der Waals surface area contributed by atoms with Gasteiger partial charge in [0.2, 0.25) is 0 Å². The third-order valence-electron chi connectivity index (χ3n) is 4.60. The van der Waals surface area contributed by atoms with E-state index in [9.17, 15) is 4.79 Å². The van der Waals surface area contributed by atoms with Crippen LogP contribution in [0.1, 0.15) is 21.5 Å². The first-order valence-electron chi connectivity index (χ1n) is 8.31. The standard InChI is InChI=1S/C19H24N4O/c1-14-4-5-16(12-15(14)2)19(24)21-17-6-7-18(20-13-17)23-10-8-22(3)9-11-23/h4-7,12-13H,8-11H2,1-3H3,(H,21,24). The molecule has 5 nitrogen and oxygen atoms in total. The topological polar surface area (TPSA) is 48.5 Å². The number of carbonyl (C=O) groups is 1. The predicted molar refractivity (Wildman–Crippen MR) is 97.8 cm³/mol. The van der Waals surface area contributed by atoms with Crippen LogP contribution in [0.25, 0.3) is 0 Å². The Bertz CT molecular complexity index is 719. The van der Waals surface area contributed by atoms with E-state index in [0.29, 0.717) is 5.56 Å². The lowest BCUT2D eigenvalue weighted by molar-refractivity contribution is 0.102. The summed E-state index contributed by atoms with van der Waals surface area (Å²) >= 11 is 0. The van der Waals surface area contributed by atoms with E-state index < -0.39 is 0 Å². The van der Waals surface area contributed by atoms with E-state index in [4.69, 9.17) is 0 Å². The lowest BCUT2D eigenvalue weighted by Gasteiger charge is -2.33. The van der Waals surface area contributed by atoms with Crippen LogP contribution in [0, 0.1) is 13.8 Å². The number of piperazine rings is 1. The highest BCUT2D eigenvalue weighted by molar-refractivity contribution is 6.04. The van der Waals surface area contributed by atoms with Crippen molar-refractivity contribution in [2.75, 3.05) is 43.4 Å². The summed E-state index contributed by atoms with van der Waals surface area (Å²) in [5.74, 6) is 0.861. The van der Waals surface area contributed by atoms with Crippen LogP contribution >= 0.6 is 0 Å². The van der Waals surface area contributed by atoms with Gasteiger partial charge in [0.05, 0.1) is 11.9 Å². The molecule has 0 spiro atoms. The normalized spacial score (nSPS) is 15.4. The van der Waals surface area contributed by atoms with E-state index in [2.05, 4.69) is 27.1 Å². The fraction of sp³-hybridized carbons (Fsp3) is 0.368. The molecule has 0 bridgehead atoms. The summed E-state index contributed by atoms with van der Waals surface area (Å²) in [4.78, 5) is 21.4. The van der Waals surface area contributed by atoms with Gasteiger partial charge in [-0.2, -0.15) is 0 Å². The Morgan fingerprint density at radius 1 is 1.04 bits per heavy atom.